The van der Waals surface area contributed by atoms with Crippen LogP contribution in [0.4, 0.5) is 10.1 Å². The van der Waals surface area contributed by atoms with Gasteiger partial charge in [-0.15, -0.1) is 0 Å². The zero-order valence-electron chi connectivity index (χ0n) is 8.54. The SMILES string of the molecule is O=S(=O)(Nc1cncnc1)c1ccccc1F. The lowest BCUT2D eigenvalue weighted by Crippen LogP contribution is -2.14. The molecule has 2 aromatic rings. The van der Waals surface area contributed by atoms with Gasteiger partial charge in [0.2, 0.25) is 0 Å². The maximum Gasteiger partial charge on any atom is 0.264 e. The molecule has 5 nitrogen and oxygen atoms in total. The Kier molecular flexibility index (Phi) is 3.01. The fourth-order valence-electron chi connectivity index (χ4n) is 1.22. The lowest BCUT2D eigenvalue weighted by atomic mass is 10.4. The highest BCUT2D eigenvalue weighted by molar-refractivity contribution is 7.92. The van der Waals surface area contributed by atoms with Crippen LogP contribution in [0.1, 0.15) is 0 Å². The Morgan fingerprint density at radius 1 is 1.12 bits per heavy atom. The molecule has 1 N–H and O–H groups in total. The lowest BCUT2D eigenvalue weighted by Gasteiger charge is -2.07. The summed E-state index contributed by atoms with van der Waals surface area (Å²) in [5.74, 6) is -0.808. The number of nitrogens with one attached hydrogen (secondary N) is 1. The summed E-state index contributed by atoms with van der Waals surface area (Å²) in [6.45, 7) is 0. The molecule has 0 fully saturated rings. The molecular formula is C10H8FN3O2S. The van der Waals surface area contributed by atoms with Gasteiger partial charge in [-0.2, -0.15) is 0 Å². The molecule has 0 aliphatic heterocycles. The average Bonchev–Trinajstić information content (AvgIpc) is 2.30. The van der Waals surface area contributed by atoms with E-state index < -0.39 is 20.7 Å². The molecule has 88 valence electrons. The first-order valence-corrected chi connectivity index (χ1v) is 6.10. The molecule has 0 aliphatic carbocycles. The molecule has 0 unspecified atom stereocenters. The van der Waals surface area contributed by atoms with Crippen molar-refractivity contribution >= 4 is 15.7 Å². The Balaban J connectivity index is 2.36. The molecule has 0 saturated carbocycles. The Morgan fingerprint density at radius 2 is 1.76 bits per heavy atom. The van der Waals surface area contributed by atoms with E-state index in [2.05, 4.69) is 14.7 Å². The standard InChI is InChI=1S/C10H8FN3O2S/c11-9-3-1-2-4-10(9)17(15,16)14-8-5-12-7-13-6-8/h1-7,14H. The Hall–Kier alpha value is -2.02. The van der Waals surface area contributed by atoms with Crippen LogP contribution in [-0.2, 0) is 10.0 Å². The summed E-state index contributed by atoms with van der Waals surface area (Å²) < 4.78 is 39.2. The van der Waals surface area contributed by atoms with Gasteiger partial charge in [0.25, 0.3) is 10.0 Å². The first-order chi connectivity index (χ1) is 8.09. The molecule has 1 heterocycles. The Bertz CT molecular complexity index is 616. The number of rotatable bonds is 3. The largest absolute Gasteiger partial charge is 0.276 e. The predicted octanol–water partition coefficient (Wildman–Crippen LogP) is 1.42. The van der Waals surface area contributed by atoms with E-state index in [-0.39, 0.29) is 5.69 Å². The van der Waals surface area contributed by atoms with Crippen LogP contribution in [-0.4, -0.2) is 18.4 Å². The smallest absolute Gasteiger partial charge is 0.264 e. The average molecular weight is 253 g/mol. The van der Waals surface area contributed by atoms with Crippen LogP contribution >= 0.6 is 0 Å². The minimum Gasteiger partial charge on any atom is -0.276 e. The van der Waals surface area contributed by atoms with Gasteiger partial charge in [0.05, 0.1) is 18.1 Å². The minimum absolute atomic E-state index is 0.177. The van der Waals surface area contributed by atoms with Gasteiger partial charge in [0.15, 0.2) is 0 Å². The Labute approximate surface area is 97.4 Å². The van der Waals surface area contributed by atoms with E-state index in [1.165, 1.54) is 36.9 Å². The summed E-state index contributed by atoms with van der Waals surface area (Å²) in [5.41, 5.74) is 0.177. The molecule has 0 saturated heterocycles. The van der Waals surface area contributed by atoms with Crippen LogP contribution in [0.25, 0.3) is 0 Å². The van der Waals surface area contributed by atoms with Gasteiger partial charge in [-0.05, 0) is 12.1 Å². The third-order valence-corrected chi connectivity index (χ3v) is 3.35. The van der Waals surface area contributed by atoms with Crippen LogP contribution in [0.15, 0.2) is 47.9 Å². The number of aromatic nitrogens is 2. The highest BCUT2D eigenvalue weighted by atomic mass is 32.2. The third-order valence-electron chi connectivity index (χ3n) is 1.94. The van der Waals surface area contributed by atoms with E-state index in [9.17, 15) is 12.8 Å². The van der Waals surface area contributed by atoms with Crippen LogP contribution < -0.4 is 4.72 Å². The number of anilines is 1. The van der Waals surface area contributed by atoms with Crippen LogP contribution in [0.2, 0.25) is 0 Å². The summed E-state index contributed by atoms with van der Waals surface area (Å²) in [7, 11) is -3.95. The second-order valence-electron chi connectivity index (χ2n) is 3.16. The molecule has 0 atom stereocenters. The van der Waals surface area contributed by atoms with Crippen molar-refractivity contribution in [2.75, 3.05) is 4.72 Å². The van der Waals surface area contributed by atoms with Crippen molar-refractivity contribution in [1.82, 2.24) is 9.97 Å². The van der Waals surface area contributed by atoms with E-state index in [0.717, 1.165) is 6.07 Å². The highest BCUT2D eigenvalue weighted by Crippen LogP contribution is 2.17. The molecule has 0 bridgehead atoms. The predicted molar refractivity (Wildman–Crippen MR) is 59.2 cm³/mol. The van der Waals surface area contributed by atoms with E-state index in [1.54, 1.807) is 0 Å². The van der Waals surface area contributed by atoms with Crippen LogP contribution in [0, 0.1) is 5.82 Å². The van der Waals surface area contributed by atoms with Crippen LogP contribution in [0.3, 0.4) is 0 Å². The molecule has 17 heavy (non-hydrogen) atoms. The maximum atomic E-state index is 13.3. The van der Waals surface area contributed by atoms with E-state index in [4.69, 9.17) is 0 Å². The van der Waals surface area contributed by atoms with Crippen molar-refractivity contribution < 1.29 is 12.8 Å². The van der Waals surface area contributed by atoms with Crippen molar-refractivity contribution in [2.24, 2.45) is 0 Å². The van der Waals surface area contributed by atoms with Gasteiger partial charge in [-0.1, -0.05) is 12.1 Å². The van der Waals surface area contributed by atoms with E-state index >= 15 is 0 Å². The zero-order valence-corrected chi connectivity index (χ0v) is 9.36. The maximum absolute atomic E-state index is 13.3. The fourth-order valence-corrected chi connectivity index (χ4v) is 2.33. The zero-order chi connectivity index (χ0) is 12.3. The van der Waals surface area contributed by atoms with Crippen molar-refractivity contribution in [2.45, 2.75) is 4.90 Å². The minimum atomic E-state index is -3.95. The first-order valence-electron chi connectivity index (χ1n) is 4.62. The van der Waals surface area contributed by atoms with Gasteiger partial charge in [-0.3, -0.25) is 4.72 Å². The van der Waals surface area contributed by atoms with Gasteiger partial charge in [-0.25, -0.2) is 22.8 Å². The van der Waals surface area contributed by atoms with Crippen molar-refractivity contribution in [1.29, 1.82) is 0 Å². The molecule has 0 amide bonds. The summed E-state index contributed by atoms with van der Waals surface area (Å²) in [5, 5.41) is 0. The monoisotopic (exact) mass is 253 g/mol. The Morgan fingerprint density at radius 3 is 2.41 bits per heavy atom. The van der Waals surface area contributed by atoms with Crippen molar-refractivity contribution in [3.63, 3.8) is 0 Å². The second kappa shape index (κ2) is 4.46. The summed E-state index contributed by atoms with van der Waals surface area (Å²) in [4.78, 5) is 6.89. The molecule has 7 heteroatoms. The molecule has 1 aromatic carbocycles. The number of nitrogens with zero attached hydrogens (tertiary/aromatic N) is 2. The quantitative estimate of drug-likeness (QED) is 0.897. The van der Waals surface area contributed by atoms with Crippen molar-refractivity contribution in [3.8, 4) is 0 Å². The highest BCUT2D eigenvalue weighted by Gasteiger charge is 2.18. The molecule has 2 rings (SSSR count). The summed E-state index contributed by atoms with van der Waals surface area (Å²) in [6, 6.07) is 5.12. The number of halogens is 1. The van der Waals surface area contributed by atoms with Crippen LogP contribution in [0.5, 0.6) is 0 Å². The topological polar surface area (TPSA) is 72.0 Å². The van der Waals surface area contributed by atoms with Gasteiger partial charge < -0.3 is 0 Å². The first kappa shape index (κ1) is 11.5. The van der Waals surface area contributed by atoms with Crippen molar-refractivity contribution in [3.05, 3.63) is 48.8 Å². The number of hydrogen-bond donors (Lipinski definition) is 1. The second-order valence-corrected chi connectivity index (χ2v) is 4.81. The molecular weight excluding hydrogens is 245 g/mol. The van der Waals surface area contributed by atoms with Gasteiger partial charge >= 0.3 is 0 Å². The molecule has 0 radical (unpaired) electrons. The molecule has 1 aromatic heterocycles. The van der Waals surface area contributed by atoms with E-state index in [1.807, 2.05) is 0 Å². The summed E-state index contributed by atoms with van der Waals surface area (Å²) >= 11 is 0. The van der Waals surface area contributed by atoms with Gasteiger partial charge in [0.1, 0.15) is 17.0 Å². The lowest BCUT2D eigenvalue weighted by molar-refractivity contribution is 0.570. The van der Waals surface area contributed by atoms with Gasteiger partial charge in [0, 0.05) is 0 Å². The molecule has 0 spiro atoms. The number of hydrogen-bond acceptors (Lipinski definition) is 4. The number of sulfonamides is 1. The fraction of sp³-hybridized carbons (Fsp3) is 0. The molecule has 0 aliphatic rings. The summed E-state index contributed by atoms with van der Waals surface area (Å²) in [6.07, 6.45) is 3.83. The number of benzene rings is 1. The third kappa shape index (κ3) is 2.56. The normalized spacial score (nSPS) is 11.1. The van der Waals surface area contributed by atoms with E-state index in [0.29, 0.717) is 0 Å².